The molecule has 1 aliphatic heterocycles. The minimum absolute atomic E-state index is 0.209. The topological polar surface area (TPSA) is 48.5 Å². The number of hydrogen-bond acceptors (Lipinski definition) is 4. The van der Waals surface area contributed by atoms with Gasteiger partial charge in [-0.3, -0.25) is 4.79 Å². The third-order valence-electron chi connectivity index (χ3n) is 6.29. The van der Waals surface area contributed by atoms with Crippen molar-refractivity contribution in [2.75, 3.05) is 38.1 Å². The van der Waals surface area contributed by atoms with E-state index in [-0.39, 0.29) is 11.8 Å². The molecule has 2 fully saturated rings. The lowest BCUT2D eigenvalue weighted by Crippen LogP contribution is -2.44. The molecule has 1 saturated carbocycles. The van der Waals surface area contributed by atoms with Crippen LogP contribution < -0.4 is 10.2 Å². The summed E-state index contributed by atoms with van der Waals surface area (Å²) in [6, 6.07) is 4.19. The molecule has 1 aromatic rings. The predicted octanol–water partition coefficient (Wildman–Crippen LogP) is 3.45. The van der Waals surface area contributed by atoms with E-state index in [0.717, 1.165) is 56.3 Å². The van der Waals surface area contributed by atoms with Gasteiger partial charge in [-0.05, 0) is 50.3 Å². The van der Waals surface area contributed by atoms with E-state index in [2.05, 4.69) is 46.2 Å². The molecule has 1 N–H and O–H groups in total. The normalized spacial score (nSPS) is 24.0. The number of nitrogens with one attached hydrogen (secondary N) is 1. The van der Waals surface area contributed by atoms with Crippen molar-refractivity contribution < 1.29 is 4.79 Å². The summed E-state index contributed by atoms with van der Waals surface area (Å²) in [5.41, 5.74) is 1.08. The number of amides is 1. The van der Waals surface area contributed by atoms with Crippen molar-refractivity contribution in [3.63, 3.8) is 0 Å². The number of carbonyl (C=O) groups is 1. The summed E-state index contributed by atoms with van der Waals surface area (Å²) >= 11 is 0. The van der Waals surface area contributed by atoms with Gasteiger partial charge in [-0.25, -0.2) is 4.98 Å². The summed E-state index contributed by atoms with van der Waals surface area (Å²) in [6.45, 7) is 7.07. The Labute approximate surface area is 164 Å². The van der Waals surface area contributed by atoms with E-state index in [1.54, 1.807) is 0 Å². The van der Waals surface area contributed by atoms with Gasteiger partial charge in [0, 0.05) is 44.8 Å². The predicted molar refractivity (Wildman–Crippen MR) is 111 cm³/mol. The summed E-state index contributed by atoms with van der Waals surface area (Å²) in [5.74, 6) is 2.33. The van der Waals surface area contributed by atoms with E-state index < -0.39 is 0 Å². The Balaban J connectivity index is 1.40. The molecule has 0 radical (unpaired) electrons. The lowest BCUT2D eigenvalue weighted by Gasteiger charge is -2.33. The van der Waals surface area contributed by atoms with Crippen molar-refractivity contribution in [3.8, 4) is 0 Å². The Kier molecular flexibility index (Phi) is 7.50. The molecule has 5 heteroatoms. The second-order valence-electron chi connectivity index (χ2n) is 8.39. The molecule has 2 heterocycles. The van der Waals surface area contributed by atoms with Gasteiger partial charge in [-0.1, -0.05) is 32.3 Å². The number of hydrogen-bond donors (Lipinski definition) is 1. The summed E-state index contributed by atoms with van der Waals surface area (Å²) in [6.07, 6.45) is 10.4. The van der Waals surface area contributed by atoms with Crippen LogP contribution in [0.25, 0.3) is 0 Å². The molecule has 0 spiro atoms. The smallest absolute Gasteiger partial charge is 0.223 e. The number of unbranched alkanes of at least 4 members (excludes halogenated alkanes) is 1. The fourth-order valence-corrected chi connectivity index (χ4v) is 4.28. The molecule has 1 aromatic heterocycles. The SMILES string of the molecule is CCCCC1CCC(C(=O)NCc2ccc(N3CCN(C)CC3)nc2)CC1. The largest absolute Gasteiger partial charge is 0.354 e. The Morgan fingerprint density at radius 3 is 2.52 bits per heavy atom. The van der Waals surface area contributed by atoms with Crippen LogP contribution in [0.2, 0.25) is 0 Å². The van der Waals surface area contributed by atoms with Gasteiger partial charge >= 0.3 is 0 Å². The molecule has 150 valence electrons. The van der Waals surface area contributed by atoms with Gasteiger partial charge in [0.25, 0.3) is 0 Å². The quantitative estimate of drug-likeness (QED) is 0.796. The van der Waals surface area contributed by atoms with Crippen LogP contribution >= 0.6 is 0 Å². The van der Waals surface area contributed by atoms with E-state index in [0.29, 0.717) is 6.54 Å². The van der Waals surface area contributed by atoms with Gasteiger partial charge < -0.3 is 15.1 Å². The van der Waals surface area contributed by atoms with Gasteiger partial charge in [-0.2, -0.15) is 0 Å². The number of pyridine rings is 1. The first-order chi connectivity index (χ1) is 13.2. The minimum Gasteiger partial charge on any atom is -0.354 e. The molecular formula is C22H36N4O. The summed E-state index contributed by atoms with van der Waals surface area (Å²) in [7, 11) is 2.16. The number of likely N-dealkylation sites (N-methyl/N-ethyl adjacent to an activating group) is 1. The molecular weight excluding hydrogens is 336 g/mol. The molecule has 5 nitrogen and oxygen atoms in total. The first-order valence-corrected chi connectivity index (χ1v) is 10.8. The average Bonchev–Trinajstić information content (AvgIpc) is 2.72. The molecule has 0 atom stereocenters. The highest BCUT2D eigenvalue weighted by Crippen LogP contribution is 2.32. The van der Waals surface area contributed by atoms with Crippen LogP contribution in [0.5, 0.6) is 0 Å². The Morgan fingerprint density at radius 1 is 1.15 bits per heavy atom. The van der Waals surface area contributed by atoms with Gasteiger partial charge in [0.2, 0.25) is 5.91 Å². The standard InChI is InChI=1S/C22H36N4O/c1-3-4-5-18-6-9-20(10-7-18)22(27)24-17-19-8-11-21(23-16-19)26-14-12-25(2)13-15-26/h8,11,16,18,20H,3-7,9-10,12-15,17H2,1-2H3,(H,24,27). The third-order valence-corrected chi connectivity index (χ3v) is 6.29. The van der Waals surface area contributed by atoms with Crippen LogP contribution in [0.15, 0.2) is 18.3 Å². The van der Waals surface area contributed by atoms with Gasteiger partial charge in [0.05, 0.1) is 0 Å². The third kappa shape index (κ3) is 5.93. The maximum Gasteiger partial charge on any atom is 0.223 e. The van der Waals surface area contributed by atoms with Crippen molar-refractivity contribution in [2.45, 2.75) is 58.4 Å². The number of anilines is 1. The van der Waals surface area contributed by atoms with Gasteiger partial charge in [0.15, 0.2) is 0 Å². The highest BCUT2D eigenvalue weighted by molar-refractivity contribution is 5.78. The van der Waals surface area contributed by atoms with Crippen molar-refractivity contribution in [2.24, 2.45) is 11.8 Å². The van der Waals surface area contributed by atoms with E-state index >= 15 is 0 Å². The Morgan fingerprint density at radius 2 is 1.89 bits per heavy atom. The molecule has 1 saturated heterocycles. The van der Waals surface area contributed by atoms with Crippen LogP contribution in [-0.4, -0.2) is 49.0 Å². The number of nitrogens with zero attached hydrogens (tertiary/aromatic N) is 3. The summed E-state index contributed by atoms with van der Waals surface area (Å²) < 4.78 is 0. The van der Waals surface area contributed by atoms with Crippen molar-refractivity contribution in [1.82, 2.24) is 15.2 Å². The molecule has 0 unspecified atom stereocenters. The van der Waals surface area contributed by atoms with Gasteiger partial charge in [-0.15, -0.1) is 0 Å². The monoisotopic (exact) mass is 372 g/mol. The maximum atomic E-state index is 12.5. The van der Waals surface area contributed by atoms with E-state index in [9.17, 15) is 4.79 Å². The highest BCUT2D eigenvalue weighted by atomic mass is 16.1. The second-order valence-corrected chi connectivity index (χ2v) is 8.39. The van der Waals surface area contributed by atoms with Crippen molar-refractivity contribution in [3.05, 3.63) is 23.9 Å². The fraction of sp³-hybridized carbons (Fsp3) is 0.727. The Bertz CT molecular complexity index is 572. The number of piperazine rings is 1. The fourth-order valence-electron chi connectivity index (χ4n) is 4.28. The van der Waals surface area contributed by atoms with E-state index in [1.165, 1.54) is 32.1 Å². The van der Waals surface area contributed by atoms with Crippen LogP contribution in [0.3, 0.4) is 0 Å². The van der Waals surface area contributed by atoms with Crippen molar-refractivity contribution in [1.29, 1.82) is 0 Å². The summed E-state index contributed by atoms with van der Waals surface area (Å²) in [4.78, 5) is 21.8. The Hall–Kier alpha value is -1.62. The van der Waals surface area contributed by atoms with E-state index in [1.807, 2.05) is 6.20 Å². The first-order valence-electron chi connectivity index (χ1n) is 10.8. The molecule has 0 aromatic carbocycles. The molecule has 3 rings (SSSR count). The summed E-state index contributed by atoms with van der Waals surface area (Å²) in [5, 5.41) is 3.13. The zero-order valence-electron chi connectivity index (χ0n) is 17.1. The first kappa shape index (κ1) is 20.1. The van der Waals surface area contributed by atoms with E-state index in [4.69, 9.17) is 0 Å². The van der Waals surface area contributed by atoms with Crippen LogP contribution in [0, 0.1) is 11.8 Å². The van der Waals surface area contributed by atoms with Crippen LogP contribution in [0.1, 0.15) is 57.4 Å². The molecule has 0 bridgehead atoms. The zero-order valence-corrected chi connectivity index (χ0v) is 17.1. The average molecular weight is 373 g/mol. The molecule has 1 amide bonds. The lowest BCUT2D eigenvalue weighted by atomic mass is 9.79. The van der Waals surface area contributed by atoms with Crippen LogP contribution in [0.4, 0.5) is 5.82 Å². The lowest BCUT2D eigenvalue weighted by molar-refractivity contribution is -0.126. The number of aromatic nitrogens is 1. The number of rotatable bonds is 7. The molecule has 2 aliphatic rings. The molecule has 27 heavy (non-hydrogen) atoms. The number of carbonyl (C=O) groups excluding carboxylic acids is 1. The van der Waals surface area contributed by atoms with Crippen molar-refractivity contribution >= 4 is 11.7 Å². The highest BCUT2D eigenvalue weighted by Gasteiger charge is 2.25. The maximum absolute atomic E-state index is 12.5. The minimum atomic E-state index is 0.209. The van der Waals surface area contributed by atoms with Crippen LogP contribution in [-0.2, 0) is 11.3 Å². The second kappa shape index (κ2) is 10.1. The molecule has 1 aliphatic carbocycles. The van der Waals surface area contributed by atoms with Gasteiger partial charge in [0.1, 0.15) is 5.82 Å². The zero-order chi connectivity index (χ0) is 19.1.